The third-order valence-electron chi connectivity index (χ3n) is 3.34. The first-order chi connectivity index (χ1) is 9.99. The normalized spacial score (nSPS) is 12.1. The molecule has 1 unspecified atom stereocenters. The third kappa shape index (κ3) is 2.83. The van der Waals surface area contributed by atoms with Crippen LogP contribution in [0.15, 0.2) is 30.3 Å². The highest BCUT2D eigenvalue weighted by atomic mass is 19.2. The van der Waals surface area contributed by atoms with E-state index in [2.05, 4.69) is 0 Å². The molecule has 2 aromatic carbocycles. The number of rotatable bonds is 4. The molecule has 0 fully saturated rings. The standard InChI is InChI=1S/C16H16F2O3/c1-9-4-6-12(15(18)14(9)17)16(19)11-7-5-10(20-2)8-13(11)21-3/h4-8,16,19H,1-3H3. The van der Waals surface area contributed by atoms with E-state index in [1.165, 1.54) is 33.3 Å². The van der Waals surface area contributed by atoms with Crippen molar-refractivity contribution in [2.75, 3.05) is 14.2 Å². The van der Waals surface area contributed by atoms with Gasteiger partial charge in [-0.3, -0.25) is 0 Å². The molecule has 0 spiro atoms. The van der Waals surface area contributed by atoms with E-state index in [1.54, 1.807) is 18.2 Å². The zero-order chi connectivity index (χ0) is 15.6. The van der Waals surface area contributed by atoms with Crippen molar-refractivity contribution < 1.29 is 23.4 Å². The summed E-state index contributed by atoms with van der Waals surface area (Å²) in [5.74, 6) is -1.14. The number of hydrogen-bond donors (Lipinski definition) is 1. The Hall–Kier alpha value is -2.14. The SMILES string of the molecule is COc1ccc(C(O)c2ccc(C)c(F)c2F)c(OC)c1. The number of benzene rings is 2. The first-order valence-electron chi connectivity index (χ1n) is 6.34. The lowest BCUT2D eigenvalue weighted by Gasteiger charge is -2.17. The van der Waals surface area contributed by atoms with Gasteiger partial charge in [-0.25, -0.2) is 8.78 Å². The van der Waals surface area contributed by atoms with E-state index in [0.717, 1.165) is 0 Å². The van der Waals surface area contributed by atoms with Gasteiger partial charge in [0.1, 0.15) is 17.6 Å². The average molecular weight is 294 g/mol. The summed E-state index contributed by atoms with van der Waals surface area (Å²) in [5, 5.41) is 10.3. The van der Waals surface area contributed by atoms with E-state index >= 15 is 0 Å². The summed E-state index contributed by atoms with van der Waals surface area (Å²) in [6.07, 6.45) is -1.33. The van der Waals surface area contributed by atoms with Crippen LogP contribution in [-0.2, 0) is 0 Å². The highest BCUT2D eigenvalue weighted by Gasteiger charge is 2.22. The quantitative estimate of drug-likeness (QED) is 0.939. The van der Waals surface area contributed by atoms with Crippen molar-refractivity contribution in [3.05, 3.63) is 58.7 Å². The second-order valence-electron chi connectivity index (χ2n) is 4.61. The van der Waals surface area contributed by atoms with Crippen molar-refractivity contribution in [3.8, 4) is 11.5 Å². The molecule has 0 bridgehead atoms. The molecule has 0 aliphatic rings. The number of halogens is 2. The minimum atomic E-state index is -1.33. The summed E-state index contributed by atoms with van der Waals surface area (Å²) in [6.45, 7) is 1.46. The Morgan fingerprint density at radius 1 is 0.952 bits per heavy atom. The van der Waals surface area contributed by atoms with Gasteiger partial charge in [0.25, 0.3) is 0 Å². The lowest BCUT2D eigenvalue weighted by atomic mass is 9.98. The topological polar surface area (TPSA) is 38.7 Å². The van der Waals surface area contributed by atoms with Gasteiger partial charge in [-0.2, -0.15) is 0 Å². The van der Waals surface area contributed by atoms with E-state index in [-0.39, 0.29) is 11.1 Å². The molecule has 0 radical (unpaired) electrons. The maximum absolute atomic E-state index is 14.0. The Bertz CT molecular complexity index is 656. The molecular weight excluding hydrogens is 278 g/mol. The highest BCUT2D eigenvalue weighted by Crippen LogP contribution is 2.34. The van der Waals surface area contributed by atoms with Crippen LogP contribution in [-0.4, -0.2) is 19.3 Å². The maximum Gasteiger partial charge on any atom is 0.165 e. The molecule has 1 N–H and O–H groups in total. The van der Waals surface area contributed by atoms with Crippen molar-refractivity contribution in [1.29, 1.82) is 0 Å². The second kappa shape index (κ2) is 6.10. The van der Waals surface area contributed by atoms with Crippen LogP contribution >= 0.6 is 0 Å². The predicted molar refractivity (Wildman–Crippen MR) is 74.7 cm³/mol. The molecule has 0 saturated heterocycles. The molecule has 2 rings (SSSR count). The van der Waals surface area contributed by atoms with Gasteiger partial charge in [0.2, 0.25) is 0 Å². The van der Waals surface area contributed by atoms with Crippen LogP contribution in [0.4, 0.5) is 8.78 Å². The van der Waals surface area contributed by atoms with E-state index in [0.29, 0.717) is 17.1 Å². The van der Waals surface area contributed by atoms with Gasteiger partial charge in [-0.15, -0.1) is 0 Å². The van der Waals surface area contributed by atoms with Crippen molar-refractivity contribution >= 4 is 0 Å². The molecule has 0 heterocycles. The number of ether oxygens (including phenoxy) is 2. The van der Waals surface area contributed by atoms with Gasteiger partial charge in [0, 0.05) is 17.2 Å². The Labute approximate surface area is 121 Å². The lowest BCUT2D eigenvalue weighted by Crippen LogP contribution is -2.07. The van der Waals surface area contributed by atoms with E-state index in [9.17, 15) is 13.9 Å². The Kier molecular flexibility index (Phi) is 4.43. The molecule has 0 aromatic heterocycles. The van der Waals surface area contributed by atoms with Gasteiger partial charge in [0.15, 0.2) is 11.6 Å². The van der Waals surface area contributed by atoms with Crippen LogP contribution < -0.4 is 9.47 Å². The van der Waals surface area contributed by atoms with E-state index in [1.807, 2.05) is 0 Å². The largest absolute Gasteiger partial charge is 0.497 e. The van der Waals surface area contributed by atoms with Gasteiger partial charge >= 0.3 is 0 Å². The number of hydrogen-bond acceptors (Lipinski definition) is 3. The summed E-state index contributed by atoms with van der Waals surface area (Å²) in [4.78, 5) is 0. The molecule has 21 heavy (non-hydrogen) atoms. The molecule has 0 aliphatic carbocycles. The molecule has 0 amide bonds. The summed E-state index contributed by atoms with van der Waals surface area (Å²) in [5.41, 5.74) is 0.382. The van der Waals surface area contributed by atoms with Crippen LogP contribution in [0, 0.1) is 18.6 Å². The lowest BCUT2D eigenvalue weighted by molar-refractivity contribution is 0.208. The number of methoxy groups -OCH3 is 2. The molecular formula is C16H16F2O3. The third-order valence-corrected chi connectivity index (χ3v) is 3.34. The molecule has 2 aromatic rings. The van der Waals surface area contributed by atoms with Crippen LogP contribution in [0.3, 0.4) is 0 Å². The molecule has 112 valence electrons. The maximum atomic E-state index is 14.0. The van der Waals surface area contributed by atoms with Gasteiger partial charge in [-0.05, 0) is 24.6 Å². The number of aliphatic hydroxyl groups excluding tert-OH is 1. The fraction of sp³-hybridized carbons (Fsp3) is 0.250. The molecule has 0 saturated carbocycles. The number of aryl methyl sites for hydroxylation is 1. The summed E-state index contributed by atoms with van der Waals surface area (Å²) in [6, 6.07) is 7.53. The van der Waals surface area contributed by atoms with Gasteiger partial charge < -0.3 is 14.6 Å². The number of aliphatic hydroxyl groups is 1. The molecule has 5 heteroatoms. The first-order valence-corrected chi connectivity index (χ1v) is 6.34. The van der Waals surface area contributed by atoms with Crippen LogP contribution in [0.5, 0.6) is 11.5 Å². The smallest absolute Gasteiger partial charge is 0.165 e. The Morgan fingerprint density at radius 2 is 1.62 bits per heavy atom. The van der Waals surface area contributed by atoms with E-state index in [4.69, 9.17) is 9.47 Å². The Balaban J connectivity index is 2.49. The monoisotopic (exact) mass is 294 g/mol. The molecule has 0 aliphatic heterocycles. The van der Waals surface area contributed by atoms with Crippen molar-refractivity contribution in [1.82, 2.24) is 0 Å². The molecule has 3 nitrogen and oxygen atoms in total. The summed E-state index contributed by atoms with van der Waals surface area (Å²) < 4.78 is 37.8. The van der Waals surface area contributed by atoms with Crippen molar-refractivity contribution in [3.63, 3.8) is 0 Å². The zero-order valence-electron chi connectivity index (χ0n) is 12.0. The van der Waals surface area contributed by atoms with Gasteiger partial charge in [0.05, 0.1) is 14.2 Å². The first kappa shape index (κ1) is 15.3. The minimum absolute atomic E-state index is 0.137. The fourth-order valence-corrected chi connectivity index (χ4v) is 2.08. The predicted octanol–water partition coefficient (Wildman–Crippen LogP) is 3.37. The van der Waals surface area contributed by atoms with Gasteiger partial charge in [-0.1, -0.05) is 12.1 Å². The summed E-state index contributed by atoms with van der Waals surface area (Å²) in [7, 11) is 2.93. The molecule has 1 atom stereocenters. The van der Waals surface area contributed by atoms with Crippen molar-refractivity contribution in [2.24, 2.45) is 0 Å². The second-order valence-corrected chi connectivity index (χ2v) is 4.61. The average Bonchev–Trinajstić information content (AvgIpc) is 2.51. The summed E-state index contributed by atoms with van der Waals surface area (Å²) >= 11 is 0. The Morgan fingerprint density at radius 3 is 2.24 bits per heavy atom. The van der Waals surface area contributed by atoms with Crippen LogP contribution in [0.25, 0.3) is 0 Å². The highest BCUT2D eigenvalue weighted by molar-refractivity contribution is 5.45. The zero-order valence-corrected chi connectivity index (χ0v) is 12.0. The van der Waals surface area contributed by atoms with Crippen LogP contribution in [0.1, 0.15) is 22.8 Å². The van der Waals surface area contributed by atoms with Crippen molar-refractivity contribution in [2.45, 2.75) is 13.0 Å². The fourth-order valence-electron chi connectivity index (χ4n) is 2.08. The van der Waals surface area contributed by atoms with E-state index < -0.39 is 17.7 Å². The minimum Gasteiger partial charge on any atom is -0.497 e. The van der Waals surface area contributed by atoms with Crippen LogP contribution in [0.2, 0.25) is 0 Å².